The molecular formula is C12H15IO2. The number of benzene rings is 1. The van der Waals surface area contributed by atoms with Crippen LogP contribution in [0.5, 0.6) is 0 Å². The van der Waals surface area contributed by atoms with Gasteiger partial charge in [0.2, 0.25) is 0 Å². The molecule has 0 spiro atoms. The van der Waals surface area contributed by atoms with Gasteiger partial charge >= 0.3 is 0 Å². The van der Waals surface area contributed by atoms with Crippen molar-refractivity contribution in [1.29, 1.82) is 0 Å². The fraction of sp³-hybridized carbons (Fsp3) is 0.500. The third-order valence-electron chi connectivity index (χ3n) is 2.64. The maximum Gasteiger partial charge on any atom is 0.105 e. The van der Waals surface area contributed by atoms with Crippen molar-refractivity contribution in [3.8, 4) is 0 Å². The van der Waals surface area contributed by atoms with Crippen molar-refractivity contribution >= 4 is 22.6 Å². The van der Waals surface area contributed by atoms with E-state index < -0.39 is 0 Å². The van der Waals surface area contributed by atoms with Gasteiger partial charge < -0.3 is 9.47 Å². The van der Waals surface area contributed by atoms with Gasteiger partial charge in [0.1, 0.15) is 6.10 Å². The molecule has 0 radical (unpaired) electrons. The fourth-order valence-corrected chi connectivity index (χ4v) is 2.35. The van der Waals surface area contributed by atoms with E-state index in [1.807, 2.05) is 0 Å². The van der Waals surface area contributed by atoms with Crippen molar-refractivity contribution in [1.82, 2.24) is 0 Å². The summed E-state index contributed by atoms with van der Waals surface area (Å²) < 4.78 is 12.1. The summed E-state index contributed by atoms with van der Waals surface area (Å²) in [6.07, 6.45) is 0.505. The number of aryl methyl sites for hydroxylation is 1. The Labute approximate surface area is 104 Å². The molecule has 1 aliphatic heterocycles. The number of rotatable bonds is 4. The molecule has 0 aliphatic carbocycles. The molecule has 1 unspecified atom stereocenters. The Morgan fingerprint density at radius 1 is 1.47 bits per heavy atom. The highest BCUT2D eigenvalue weighted by atomic mass is 127. The first-order chi connectivity index (χ1) is 7.31. The molecule has 1 aromatic carbocycles. The summed E-state index contributed by atoms with van der Waals surface area (Å²) in [5.74, 6) is 0. The second-order valence-electron chi connectivity index (χ2n) is 3.80. The van der Waals surface area contributed by atoms with Gasteiger partial charge in [0.15, 0.2) is 0 Å². The topological polar surface area (TPSA) is 18.5 Å². The molecule has 0 saturated carbocycles. The lowest BCUT2D eigenvalue weighted by atomic mass is 10.0. The van der Waals surface area contributed by atoms with Gasteiger partial charge in [0, 0.05) is 4.43 Å². The van der Waals surface area contributed by atoms with Crippen LogP contribution in [0.1, 0.15) is 17.2 Å². The minimum absolute atomic E-state index is 0.209. The normalized spacial score (nSPS) is 18.5. The third-order valence-corrected chi connectivity index (χ3v) is 3.44. The van der Waals surface area contributed by atoms with Crippen LogP contribution in [0.25, 0.3) is 0 Å². The average molecular weight is 318 g/mol. The molecule has 2 nitrogen and oxygen atoms in total. The molecule has 1 saturated heterocycles. The maximum absolute atomic E-state index is 5.97. The van der Waals surface area contributed by atoms with E-state index in [4.69, 9.17) is 9.47 Å². The number of ether oxygens (including phenoxy) is 2. The highest BCUT2D eigenvalue weighted by Crippen LogP contribution is 2.26. The summed E-state index contributed by atoms with van der Waals surface area (Å²) in [4.78, 5) is 0. The lowest BCUT2D eigenvalue weighted by molar-refractivity contribution is -0.150. The number of alkyl halides is 1. The first kappa shape index (κ1) is 11.4. The highest BCUT2D eigenvalue weighted by Gasteiger charge is 2.24. The van der Waals surface area contributed by atoms with Crippen LogP contribution in [-0.4, -0.2) is 23.7 Å². The zero-order valence-corrected chi connectivity index (χ0v) is 10.9. The number of hydrogen-bond donors (Lipinski definition) is 0. The molecule has 1 atom stereocenters. The summed E-state index contributed by atoms with van der Waals surface area (Å²) in [6, 6.07) is 8.42. The van der Waals surface area contributed by atoms with Gasteiger partial charge in [0.05, 0.1) is 19.3 Å². The first-order valence-electron chi connectivity index (χ1n) is 5.16. The maximum atomic E-state index is 5.97. The van der Waals surface area contributed by atoms with Crippen LogP contribution in [0.15, 0.2) is 24.3 Å². The number of hydrogen-bond acceptors (Lipinski definition) is 2. The predicted octanol–water partition coefficient (Wildman–Crippen LogP) is 2.89. The largest absolute Gasteiger partial charge is 0.376 e. The van der Waals surface area contributed by atoms with E-state index >= 15 is 0 Å². The molecule has 2 rings (SSSR count). The second-order valence-corrected chi connectivity index (χ2v) is 4.68. The Balaban J connectivity index is 2.07. The Morgan fingerprint density at radius 3 is 2.73 bits per heavy atom. The summed E-state index contributed by atoms with van der Waals surface area (Å²) in [6.45, 7) is 3.63. The zero-order valence-electron chi connectivity index (χ0n) is 8.78. The molecule has 1 heterocycles. The van der Waals surface area contributed by atoms with Crippen LogP contribution in [0.4, 0.5) is 0 Å². The van der Waals surface area contributed by atoms with Crippen molar-refractivity contribution in [3.63, 3.8) is 0 Å². The highest BCUT2D eigenvalue weighted by molar-refractivity contribution is 14.1. The van der Waals surface area contributed by atoms with Gasteiger partial charge in [0.25, 0.3) is 0 Å². The van der Waals surface area contributed by atoms with Crippen molar-refractivity contribution in [3.05, 3.63) is 35.4 Å². The average Bonchev–Trinajstić information content (AvgIpc) is 2.19. The van der Waals surface area contributed by atoms with Crippen LogP contribution in [0.3, 0.4) is 0 Å². The van der Waals surface area contributed by atoms with Crippen LogP contribution >= 0.6 is 22.6 Å². The van der Waals surface area contributed by atoms with Gasteiger partial charge in [-0.05, 0) is 18.1 Å². The molecule has 0 N–H and O–H groups in total. The van der Waals surface area contributed by atoms with Gasteiger partial charge in [-0.1, -0.05) is 46.9 Å². The van der Waals surface area contributed by atoms with E-state index in [1.54, 1.807) is 0 Å². The molecular weight excluding hydrogens is 303 g/mol. The van der Waals surface area contributed by atoms with Gasteiger partial charge in [-0.15, -0.1) is 0 Å². The van der Waals surface area contributed by atoms with Crippen LogP contribution < -0.4 is 0 Å². The molecule has 15 heavy (non-hydrogen) atoms. The van der Waals surface area contributed by atoms with E-state index in [-0.39, 0.29) is 6.10 Å². The molecule has 0 aromatic heterocycles. The van der Waals surface area contributed by atoms with E-state index in [0.29, 0.717) is 6.10 Å². The minimum atomic E-state index is 0.209. The van der Waals surface area contributed by atoms with Crippen LogP contribution in [-0.2, 0) is 9.47 Å². The monoisotopic (exact) mass is 318 g/mol. The molecule has 1 aromatic rings. The Kier molecular flexibility index (Phi) is 3.99. The molecule has 1 fully saturated rings. The molecule has 3 heteroatoms. The predicted molar refractivity (Wildman–Crippen MR) is 68.5 cm³/mol. The van der Waals surface area contributed by atoms with Crippen molar-refractivity contribution < 1.29 is 9.47 Å². The molecule has 0 bridgehead atoms. The van der Waals surface area contributed by atoms with Crippen LogP contribution in [0.2, 0.25) is 0 Å². The minimum Gasteiger partial charge on any atom is -0.376 e. The standard InChI is InChI=1S/C12H15IO2/c1-9-4-2-3-5-11(9)12(6-13)15-10-7-14-8-10/h2-5,10,12H,6-8H2,1H3. The fourth-order valence-electron chi connectivity index (χ4n) is 1.67. The number of halogens is 1. The van der Waals surface area contributed by atoms with Crippen molar-refractivity contribution in [2.24, 2.45) is 0 Å². The Hall–Kier alpha value is -0.130. The van der Waals surface area contributed by atoms with Gasteiger partial charge in [-0.3, -0.25) is 0 Å². The van der Waals surface area contributed by atoms with E-state index in [1.165, 1.54) is 11.1 Å². The van der Waals surface area contributed by atoms with E-state index in [2.05, 4.69) is 53.8 Å². The third kappa shape index (κ3) is 2.71. The molecule has 1 aliphatic rings. The van der Waals surface area contributed by atoms with Crippen molar-refractivity contribution in [2.45, 2.75) is 19.1 Å². The summed E-state index contributed by atoms with van der Waals surface area (Å²) >= 11 is 2.38. The summed E-state index contributed by atoms with van der Waals surface area (Å²) in [5.41, 5.74) is 2.61. The SMILES string of the molecule is Cc1ccccc1C(CI)OC1COC1. The smallest absolute Gasteiger partial charge is 0.105 e. The quantitative estimate of drug-likeness (QED) is 0.628. The molecule has 0 amide bonds. The summed E-state index contributed by atoms with van der Waals surface area (Å²) in [5, 5.41) is 0. The van der Waals surface area contributed by atoms with Gasteiger partial charge in [-0.2, -0.15) is 0 Å². The Bertz CT molecular complexity index is 323. The second kappa shape index (κ2) is 5.27. The first-order valence-corrected chi connectivity index (χ1v) is 6.68. The van der Waals surface area contributed by atoms with Gasteiger partial charge in [-0.25, -0.2) is 0 Å². The lowest BCUT2D eigenvalue weighted by Gasteiger charge is -2.30. The van der Waals surface area contributed by atoms with Crippen LogP contribution in [0, 0.1) is 6.92 Å². The summed E-state index contributed by atoms with van der Waals surface area (Å²) in [7, 11) is 0. The Morgan fingerprint density at radius 2 is 2.20 bits per heavy atom. The molecule has 82 valence electrons. The van der Waals surface area contributed by atoms with E-state index in [9.17, 15) is 0 Å². The van der Waals surface area contributed by atoms with Crippen molar-refractivity contribution in [2.75, 3.05) is 17.6 Å². The lowest BCUT2D eigenvalue weighted by Crippen LogP contribution is -2.37. The van der Waals surface area contributed by atoms with E-state index in [0.717, 1.165) is 17.6 Å². The zero-order chi connectivity index (χ0) is 10.7.